The molecule has 1 fully saturated rings. The number of carbonyl (C=O) groups excluding carboxylic acids is 2. The van der Waals surface area contributed by atoms with Crippen LogP contribution >= 0.6 is 0 Å². The first-order valence-electron chi connectivity index (χ1n) is 8.87. The van der Waals surface area contributed by atoms with Crippen LogP contribution in [0.5, 0.6) is 0 Å². The third-order valence-electron chi connectivity index (χ3n) is 4.25. The average molecular weight is 325 g/mol. The van der Waals surface area contributed by atoms with Crippen molar-refractivity contribution in [1.82, 2.24) is 5.32 Å². The van der Waals surface area contributed by atoms with Gasteiger partial charge in [-0.1, -0.05) is 64.5 Å². The zero-order valence-corrected chi connectivity index (χ0v) is 14.4. The molecule has 0 aromatic heterocycles. The number of esters is 1. The molecule has 0 aliphatic heterocycles. The van der Waals surface area contributed by atoms with Crippen LogP contribution in [-0.2, 0) is 14.3 Å². The molecule has 0 aromatic rings. The SMILES string of the molecule is C=CCOC(=O)NC1(C(=O)OCCCCCCCC)CCCC1. The average Bonchev–Trinajstić information content (AvgIpc) is 3.01. The van der Waals surface area contributed by atoms with Crippen LogP contribution in [0.1, 0.15) is 71.1 Å². The summed E-state index contributed by atoms with van der Waals surface area (Å²) in [6, 6.07) is 0. The van der Waals surface area contributed by atoms with Crippen LogP contribution in [0.3, 0.4) is 0 Å². The maximum atomic E-state index is 12.4. The van der Waals surface area contributed by atoms with Gasteiger partial charge in [0.05, 0.1) is 6.61 Å². The first-order chi connectivity index (χ1) is 11.1. The van der Waals surface area contributed by atoms with Crippen molar-refractivity contribution in [2.75, 3.05) is 13.2 Å². The van der Waals surface area contributed by atoms with E-state index in [1.807, 2.05) is 0 Å². The van der Waals surface area contributed by atoms with Gasteiger partial charge < -0.3 is 14.8 Å². The predicted molar refractivity (Wildman–Crippen MR) is 90.2 cm³/mol. The second-order valence-corrected chi connectivity index (χ2v) is 6.21. The molecule has 5 nitrogen and oxygen atoms in total. The highest BCUT2D eigenvalue weighted by molar-refractivity contribution is 5.86. The van der Waals surface area contributed by atoms with Crippen LogP contribution in [0.4, 0.5) is 4.79 Å². The molecule has 1 saturated carbocycles. The Morgan fingerprint density at radius 2 is 1.74 bits per heavy atom. The molecule has 132 valence electrons. The molecular formula is C18H31NO4. The first kappa shape index (κ1) is 19.5. The topological polar surface area (TPSA) is 64.6 Å². The number of hydrogen-bond donors (Lipinski definition) is 1. The fourth-order valence-electron chi connectivity index (χ4n) is 2.91. The Hall–Kier alpha value is -1.52. The van der Waals surface area contributed by atoms with Gasteiger partial charge in [-0.15, -0.1) is 0 Å². The summed E-state index contributed by atoms with van der Waals surface area (Å²) in [7, 11) is 0. The van der Waals surface area contributed by atoms with Gasteiger partial charge in [0.1, 0.15) is 12.1 Å². The fraction of sp³-hybridized carbons (Fsp3) is 0.778. The van der Waals surface area contributed by atoms with Crippen LogP contribution in [0.25, 0.3) is 0 Å². The highest BCUT2D eigenvalue weighted by Gasteiger charge is 2.44. The summed E-state index contributed by atoms with van der Waals surface area (Å²) in [5.41, 5.74) is -0.902. The number of amides is 1. The highest BCUT2D eigenvalue weighted by Crippen LogP contribution is 2.31. The Balaban J connectivity index is 2.33. The van der Waals surface area contributed by atoms with Crippen LogP contribution < -0.4 is 5.32 Å². The molecule has 0 heterocycles. The van der Waals surface area contributed by atoms with E-state index in [0.29, 0.717) is 19.4 Å². The number of rotatable bonds is 11. The molecule has 1 aliphatic carbocycles. The fourth-order valence-corrected chi connectivity index (χ4v) is 2.91. The lowest BCUT2D eigenvalue weighted by molar-refractivity contribution is -0.151. The van der Waals surface area contributed by atoms with E-state index in [1.165, 1.54) is 31.8 Å². The van der Waals surface area contributed by atoms with Crippen molar-refractivity contribution in [2.24, 2.45) is 0 Å². The van der Waals surface area contributed by atoms with Crippen molar-refractivity contribution >= 4 is 12.1 Å². The number of carbonyl (C=O) groups is 2. The highest BCUT2D eigenvalue weighted by atomic mass is 16.6. The smallest absolute Gasteiger partial charge is 0.408 e. The molecule has 0 spiro atoms. The first-order valence-corrected chi connectivity index (χ1v) is 8.87. The number of nitrogens with one attached hydrogen (secondary N) is 1. The van der Waals surface area contributed by atoms with Gasteiger partial charge in [-0.05, 0) is 19.3 Å². The lowest BCUT2D eigenvalue weighted by atomic mass is 9.98. The lowest BCUT2D eigenvalue weighted by Gasteiger charge is -2.27. The minimum atomic E-state index is -0.902. The molecule has 5 heteroatoms. The quantitative estimate of drug-likeness (QED) is 0.353. The maximum Gasteiger partial charge on any atom is 0.408 e. The lowest BCUT2D eigenvalue weighted by Crippen LogP contribution is -2.53. The van der Waals surface area contributed by atoms with E-state index in [4.69, 9.17) is 9.47 Å². The van der Waals surface area contributed by atoms with Gasteiger partial charge in [-0.25, -0.2) is 9.59 Å². The van der Waals surface area contributed by atoms with Crippen molar-refractivity contribution in [3.05, 3.63) is 12.7 Å². The number of unbranched alkanes of at least 4 members (excludes halogenated alkanes) is 5. The molecule has 1 amide bonds. The number of hydrogen-bond acceptors (Lipinski definition) is 4. The van der Waals surface area contributed by atoms with Crippen molar-refractivity contribution in [2.45, 2.75) is 76.7 Å². The Bertz CT molecular complexity index is 375. The molecule has 0 atom stereocenters. The third-order valence-corrected chi connectivity index (χ3v) is 4.25. The summed E-state index contributed by atoms with van der Waals surface area (Å²) in [5.74, 6) is -0.320. The van der Waals surface area contributed by atoms with Gasteiger partial charge in [0.2, 0.25) is 0 Å². The minimum Gasteiger partial charge on any atom is -0.464 e. The summed E-state index contributed by atoms with van der Waals surface area (Å²) in [4.78, 5) is 24.2. The molecule has 0 radical (unpaired) electrons. The monoisotopic (exact) mass is 325 g/mol. The Kier molecular flexibility index (Phi) is 9.41. The summed E-state index contributed by atoms with van der Waals surface area (Å²) < 4.78 is 10.3. The molecular weight excluding hydrogens is 294 g/mol. The number of alkyl carbamates (subject to hydrolysis) is 1. The molecule has 0 unspecified atom stereocenters. The van der Waals surface area contributed by atoms with Crippen LogP contribution in [0, 0.1) is 0 Å². The molecule has 0 saturated heterocycles. The minimum absolute atomic E-state index is 0.134. The Labute approximate surface area is 139 Å². The predicted octanol–water partition coefficient (Wildman–Crippen LogP) is 4.12. The standard InChI is InChI=1S/C18H31NO4/c1-3-5-6-7-8-11-15-22-16(20)18(12-9-10-13-18)19-17(21)23-14-4-2/h4H,2-3,5-15H2,1H3,(H,19,21). The van der Waals surface area contributed by atoms with Gasteiger partial charge in [-0.3, -0.25) is 0 Å². The Morgan fingerprint density at radius 1 is 1.09 bits per heavy atom. The van der Waals surface area contributed by atoms with E-state index in [9.17, 15) is 9.59 Å². The van der Waals surface area contributed by atoms with Gasteiger partial charge in [0.25, 0.3) is 0 Å². The van der Waals surface area contributed by atoms with Gasteiger partial charge in [-0.2, -0.15) is 0 Å². The van der Waals surface area contributed by atoms with E-state index >= 15 is 0 Å². The van der Waals surface area contributed by atoms with Crippen molar-refractivity contribution < 1.29 is 19.1 Å². The Morgan fingerprint density at radius 3 is 2.39 bits per heavy atom. The largest absolute Gasteiger partial charge is 0.464 e. The normalized spacial score (nSPS) is 15.9. The molecule has 0 aromatic carbocycles. The second kappa shape index (κ2) is 11.1. The molecule has 1 rings (SSSR count). The van der Waals surface area contributed by atoms with E-state index in [-0.39, 0.29) is 12.6 Å². The zero-order chi connectivity index (χ0) is 17.0. The van der Waals surface area contributed by atoms with E-state index in [0.717, 1.165) is 25.7 Å². The van der Waals surface area contributed by atoms with Crippen molar-refractivity contribution in [3.8, 4) is 0 Å². The van der Waals surface area contributed by atoms with Crippen molar-refractivity contribution in [1.29, 1.82) is 0 Å². The van der Waals surface area contributed by atoms with Crippen LogP contribution in [-0.4, -0.2) is 30.8 Å². The zero-order valence-electron chi connectivity index (χ0n) is 14.4. The molecule has 1 aliphatic rings. The van der Waals surface area contributed by atoms with Gasteiger partial charge >= 0.3 is 12.1 Å². The van der Waals surface area contributed by atoms with Crippen LogP contribution in [0.2, 0.25) is 0 Å². The summed E-state index contributed by atoms with van der Waals surface area (Å²) in [6.07, 6.45) is 10.8. The summed E-state index contributed by atoms with van der Waals surface area (Å²) in [6.45, 7) is 6.25. The van der Waals surface area contributed by atoms with Crippen molar-refractivity contribution in [3.63, 3.8) is 0 Å². The van der Waals surface area contributed by atoms with Gasteiger partial charge in [0, 0.05) is 0 Å². The van der Waals surface area contributed by atoms with Gasteiger partial charge in [0.15, 0.2) is 0 Å². The summed E-state index contributed by atoms with van der Waals surface area (Å²) >= 11 is 0. The molecule has 1 N–H and O–H groups in total. The molecule has 0 bridgehead atoms. The maximum absolute atomic E-state index is 12.4. The van der Waals surface area contributed by atoms with Crippen LogP contribution in [0.15, 0.2) is 12.7 Å². The number of ether oxygens (including phenoxy) is 2. The second-order valence-electron chi connectivity index (χ2n) is 6.21. The van der Waals surface area contributed by atoms with E-state index in [2.05, 4.69) is 18.8 Å². The van der Waals surface area contributed by atoms with E-state index in [1.54, 1.807) is 0 Å². The summed E-state index contributed by atoms with van der Waals surface area (Å²) in [5, 5.41) is 2.71. The molecule has 23 heavy (non-hydrogen) atoms. The van der Waals surface area contributed by atoms with E-state index < -0.39 is 11.6 Å². The third kappa shape index (κ3) is 7.06.